The molecule has 0 amide bonds. The summed E-state index contributed by atoms with van der Waals surface area (Å²) in [6.45, 7) is 2.23. The zero-order chi connectivity index (χ0) is 18.1. The molecule has 0 unspecified atom stereocenters. The fourth-order valence-electron chi connectivity index (χ4n) is 1.95. The molecule has 138 valence electrons. The molecule has 0 aliphatic heterocycles. The average molecular weight is 386 g/mol. The predicted molar refractivity (Wildman–Crippen MR) is 96.9 cm³/mol. The maximum absolute atomic E-state index is 11.3. The van der Waals surface area contributed by atoms with Gasteiger partial charge >= 0.3 is 0 Å². The van der Waals surface area contributed by atoms with Crippen molar-refractivity contribution in [3.05, 3.63) is 41.2 Å². The molecule has 10 heteroatoms. The van der Waals surface area contributed by atoms with E-state index < -0.39 is 10.0 Å². The summed E-state index contributed by atoms with van der Waals surface area (Å²) in [5, 5.41) is 11.4. The maximum Gasteiger partial charge on any atom is 0.247 e. The minimum absolute atomic E-state index is 0.154. The molecule has 0 radical (unpaired) electrons. The Kier molecular flexibility index (Phi) is 7.44. The van der Waals surface area contributed by atoms with Crippen LogP contribution in [-0.4, -0.2) is 34.6 Å². The third-order valence-electron chi connectivity index (χ3n) is 3.15. The van der Waals surface area contributed by atoms with Crippen molar-refractivity contribution >= 4 is 27.3 Å². The van der Waals surface area contributed by atoms with Crippen molar-refractivity contribution in [2.45, 2.75) is 23.8 Å². The highest BCUT2D eigenvalue weighted by molar-refractivity contribution is 7.91. The van der Waals surface area contributed by atoms with Crippen molar-refractivity contribution in [2.75, 3.05) is 20.2 Å². The zero-order valence-electron chi connectivity index (χ0n) is 13.9. The second-order valence-electron chi connectivity index (χ2n) is 5.10. The van der Waals surface area contributed by atoms with Crippen LogP contribution >= 0.6 is 11.3 Å². The van der Waals surface area contributed by atoms with Crippen molar-refractivity contribution in [1.82, 2.24) is 10.6 Å². The Bertz CT molecular complexity index is 769. The highest BCUT2D eigenvalue weighted by Crippen LogP contribution is 2.19. The van der Waals surface area contributed by atoms with E-state index in [-0.39, 0.29) is 4.21 Å². The van der Waals surface area contributed by atoms with Crippen LogP contribution in [0.2, 0.25) is 0 Å². The van der Waals surface area contributed by atoms with Crippen LogP contribution in [0.5, 0.6) is 0 Å². The van der Waals surface area contributed by atoms with Crippen LogP contribution in [0, 0.1) is 0 Å². The number of ether oxygens (including phenoxy) is 1. The molecule has 0 aliphatic carbocycles. The summed E-state index contributed by atoms with van der Waals surface area (Å²) in [5.41, 5.74) is 0. The van der Waals surface area contributed by atoms with Crippen LogP contribution in [0.3, 0.4) is 0 Å². The van der Waals surface area contributed by atoms with Crippen LogP contribution in [-0.2, 0) is 27.9 Å². The van der Waals surface area contributed by atoms with Gasteiger partial charge in [0.05, 0.1) is 12.8 Å². The number of thiophene rings is 1. The van der Waals surface area contributed by atoms with Gasteiger partial charge in [-0.05, 0) is 30.7 Å². The molecule has 2 aromatic rings. The predicted octanol–water partition coefficient (Wildman–Crippen LogP) is 1.26. The molecular weight excluding hydrogens is 364 g/mol. The summed E-state index contributed by atoms with van der Waals surface area (Å²) in [6.07, 6.45) is 2.44. The number of aliphatic imine (C=N–C) groups is 1. The maximum atomic E-state index is 11.3. The first-order valence-corrected chi connectivity index (χ1v) is 10.0. The molecule has 0 bridgehead atoms. The van der Waals surface area contributed by atoms with Crippen molar-refractivity contribution < 1.29 is 17.6 Å². The number of hydrogen-bond acceptors (Lipinski definition) is 6. The second kappa shape index (κ2) is 9.56. The van der Waals surface area contributed by atoms with Crippen LogP contribution in [0.15, 0.2) is 44.1 Å². The summed E-state index contributed by atoms with van der Waals surface area (Å²) in [4.78, 5) is 4.97. The second-order valence-corrected chi connectivity index (χ2v) is 8.06. The van der Waals surface area contributed by atoms with Gasteiger partial charge < -0.3 is 19.8 Å². The van der Waals surface area contributed by atoms with Crippen molar-refractivity contribution in [3.63, 3.8) is 0 Å². The number of primary sulfonamides is 1. The van der Waals surface area contributed by atoms with Crippen molar-refractivity contribution in [3.8, 4) is 0 Å². The van der Waals surface area contributed by atoms with Crippen LogP contribution < -0.4 is 15.8 Å². The molecule has 2 aromatic heterocycles. The largest absolute Gasteiger partial charge is 0.467 e. The molecule has 8 nitrogen and oxygen atoms in total. The molecule has 0 fully saturated rings. The first kappa shape index (κ1) is 19.4. The lowest BCUT2D eigenvalue weighted by atomic mass is 10.4. The van der Waals surface area contributed by atoms with Crippen LogP contribution in [0.4, 0.5) is 0 Å². The van der Waals surface area contributed by atoms with Gasteiger partial charge in [0, 0.05) is 25.1 Å². The third-order valence-corrected chi connectivity index (χ3v) is 5.68. The van der Waals surface area contributed by atoms with Crippen molar-refractivity contribution in [1.29, 1.82) is 0 Å². The van der Waals surface area contributed by atoms with E-state index in [2.05, 4.69) is 15.6 Å². The van der Waals surface area contributed by atoms with E-state index in [1.165, 1.54) is 6.07 Å². The van der Waals surface area contributed by atoms with Gasteiger partial charge in [0.25, 0.3) is 0 Å². The van der Waals surface area contributed by atoms with Gasteiger partial charge in [-0.3, -0.25) is 4.99 Å². The quantitative estimate of drug-likeness (QED) is 0.339. The summed E-state index contributed by atoms with van der Waals surface area (Å²) in [5.74, 6) is 1.44. The molecule has 4 N–H and O–H groups in total. The Morgan fingerprint density at radius 3 is 2.84 bits per heavy atom. The Hall–Kier alpha value is -1.88. The van der Waals surface area contributed by atoms with E-state index in [0.29, 0.717) is 32.3 Å². The SMILES string of the molecule is CN=C(NCCCOCc1ccco1)NCc1ccc(S(N)(=O)=O)s1. The topological polar surface area (TPSA) is 119 Å². The minimum atomic E-state index is -3.64. The number of nitrogens with two attached hydrogens (primary N) is 1. The first-order valence-electron chi connectivity index (χ1n) is 7.65. The van der Waals surface area contributed by atoms with Crippen molar-refractivity contribution in [2.24, 2.45) is 10.1 Å². The average Bonchev–Trinajstić information content (AvgIpc) is 3.24. The van der Waals surface area contributed by atoms with E-state index >= 15 is 0 Å². The molecule has 25 heavy (non-hydrogen) atoms. The van der Waals surface area contributed by atoms with E-state index in [9.17, 15) is 8.42 Å². The van der Waals surface area contributed by atoms with Gasteiger partial charge in [-0.25, -0.2) is 13.6 Å². The van der Waals surface area contributed by atoms with Gasteiger partial charge in [-0.1, -0.05) is 0 Å². The normalized spacial score (nSPS) is 12.3. The summed E-state index contributed by atoms with van der Waals surface area (Å²) in [6, 6.07) is 6.93. The van der Waals surface area contributed by atoms with E-state index in [1.807, 2.05) is 12.1 Å². The molecule has 0 aliphatic rings. The number of sulfonamides is 1. The summed E-state index contributed by atoms with van der Waals surface area (Å²) >= 11 is 1.14. The Balaban J connectivity index is 1.62. The number of nitrogens with one attached hydrogen (secondary N) is 2. The molecule has 0 aromatic carbocycles. The number of rotatable bonds is 9. The molecule has 2 rings (SSSR count). The minimum Gasteiger partial charge on any atom is -0.467 e. The Morgan fingerprint density at radius 2 is 2.20 bits per heavy atom. The Morgan fingerprint density at radius 1 is 1.36 bits per heavy atom. The van der Waals surface area contributed by atoms with Gasteiger partial charge in [0.2, 0.25) is 10.0 Å². The highest BCUT2D eigenvalue weighted by Gasteiger charge is 2.11. The fourth-order valence-corrected chi connectivity index (χ4v) is 3.66. The highest BCUT2D eigenvalue weighted by atomic mass is 32.2. The van der Waals surface area contributed by atoms with Gasteiger partial charge in [-0.15, -0.1) is 11.3 Å². The molecule has 0 spiro atoms. The zero-order valence-corrected chi connectivity index (χ0v) is 15.5. The lowest BCUT2D eigenvalue weighted by Gasteiger charge is -2.11. The van der Waals surface area contributed by atoms with E-state index in [1.54, 1.807) is 19.4 Å². The lowest BCUT2D eigenvalue weighted by Crippen LogP contribution is -2.37. The number of nitrogens with zero attached hydrogens (tertiary/aromatic N) is 1. The molecule has 2 heterocycles. The van der Waals surface area contributed by atoms with Crippen LogP contribution in [0.1, 0.15) is 17.1 Å². The summed E-state index contributed by atoms with van der Waals surface area (Å²) in [7, 11) is -1.97. The van der Waals surface area contributed by atoms with Gasteiger partial charge in [0.15, 0.2) is 5.96 Å². The summed E-state index contributed by atoms with van der Waals surface area (Å²) < 4.78 is 33.3. The van der Waals surface area contributed by atoms with E-state index in [4.69, 9.17) is 14.3 Å². The van der Waals surface area contributed by atoms with Gasteiger partial charge in [-0.2, -0.15) is 0 Å². The first-order chi connectivity index (χ1) is 12.0. The monoisotopic (exact) mass is 386 g/mol. The molecule has 0 atom stereocenters. The Labute approximate surface area is 151 Å². The number of guanidine groups is 1. The smallest absolute Gasteiger partial charge is 0.247 e. The standard InChI is InChI=1S/C15H22N4O4S2/c1-17-15(18-7-3-8-22-11-12-4-2-9-23-12)19-10-13-5-6-14(24-13)25(16,20)21/h2,4-6,9H,3,7-8,10-11H2,1H3,(H2,16,20,21)(H2,17,18,19). The molecule has 0 saturated carbocycles. The lowest BCUT2D eigenvalue weighted by molar-refractivity contribution is 0.105. The fraction of sp³-hybridized carbons (Fsp3) is 0.400. The number of furan rings is 1. The number of hydrogen-bond donors (Lipinski definition) is 3. The van der Waals surface area contributed by atoms with Gasteiger partial charge in [0.1, 0.15) is 16.6 Å². The molecular formula is C15H22N4O4S2. The van der Waals surface area contributed by atoms with Crippen LogP contribution in [0.25, 0.3) is 0 Å². The third kappa shape index (κ3) is 6.86. The molecule has 0 saturated heterocycles. The van der Waals surface area contributed by atoms with E-state index in [0.717, 1.165) is 28.4 Å².